The molecule has 0 radical (unpaired) electrons. The minimum Gasteiger partial charge on any atom is -0.271 e. The summed E-state index contributed by atoms with van der Waals surface area (Å²) in [6, 6.07) is 7.96. The standard InChI is InChI=1S/C12H13NO4S/c14-12(13-8-4-9-17-13)7-10-18(15,16)11-5-2-1-3-6-11/h1-3,5-7,10H,4,8-9H2/b10-7+. The van der Waals surface area contributed by atoms with Crippen molar-refractivity contribution in [2.75, 3.05) is 13.2 Å². The summed E-state index contributed by atoms with van der Waals surface area (Å²) in [6.45, 7) is 0.986. The fourth-order valence-electron chi connectivity index (χ4n) is 1.54. The van der Waals surface area contributed by atoms with Crippen LogP contribution in [0.4, 0.5) is 0 Å². The van der Waals surface area contributed by atoms with E-state index in [9.17, 15) is 13.2 Å². The first-order valence-corrected chi connectivity index (χ1v) is 7.07. The Hall–Kier alpha value is -1.66. The maximum atomic E-state index is 11.9. The maximum absolute atomic E-state index is 11.9. The molecule has 0 bridgehead atoms. The lowest BCUT2D eigenvalue weighted by molar-refractivity contribution is -0.162. The molecular weight excluding hydrogens is 254 g/mol. The third-order valence-electron chi connectivity index (χ3n) is 2.46. The van der Waals surface area contributed by atoms with Crippen molar-refractivity contribution in [2.24, 2.45) is 0 Å². The number of sulfone groups is 1. The number of hydroxylamine groups is 2. The van der Waals surface area contributed by atoms with Crippen LogP contribution in [0, 0.1) is 0 Å². The van der Waals surface area contributed by atoms with Gasteiger partial charge >= 0.3 is 0 Å². The average Bonchev–Trinajstić information content (AvgIpc) is 2.91. The molecule has 1 aromatic rings. The molecule has 0 unspecified atom stereocenters. The first-order valence-electron chi connectivity index (χ1n) is 5.52. The average molecular weight is 267 g/mol. The Kier molecular flexibility index (Phi) is 3.78. The minimum atomic E-state index is -3.57. The van der Waals surface area contributed by atoms with Gasteiger partial charge in [0.15, 0.2) is 9.84 Å². The van der Waals surface area contributed by atoms with E-state index < -0.39 is 15.7 Å². The number of carbonyl (C=O) groups excluding carboxylic acids is 1. The third-order valence-corrected chi connectivity index (χ3v) is 3.88. The molecule has 0 aromatic heterocycles. The van der Waals surface area contributed by atoms with E-state index in [1.165, 1.54) is 12.1 Å². The van der Waals surface area contributed by atoms with Gasteiger partial charge in [-0.1, -0.05) is 18.2 Å². The predicted molar refractivity (Wildman–Crippen MR) is 65.0 cm³/mol. The summed E-state index contributed by atoms with van der Waals surface area (Å²) in [5.74, 6) is -0.452. The van der Waals surface area contributed by atoms with E-state index in [-0.39, 0.29) is 4.90 Å². The van der Waals surface area contributed by atoms with Crippen LogP contribution in [0.1, 0.15) is 6.42 Å². The number of carbonyl (C=O) groups is 1. The molecule has 0 saturated carbocycles. The lowest BCUT2D eigenvalue weighted by Crippen LogP contribution is -2.24. The molecule has 1 amide bonds. The number of benzene rings is 1. The van der Waals surface area contributed by atoms with Crippen molar-refractivity contribution in [3.8, 4) is 0 Å². The molecule has 1 heterocycles. The van der Waals surface area contributed by atoms with E-state index >= 15 is 0 Å². The van der Waals surface area contributed by atoms with Gasteiger partial charge in [0, 0.05) is 11.5 Å². The Bertz CT molecular complexity index is 545. The summed E-state index contributed by atoms with van der Waals surface area (Å²) < 4.78 is 23.7. The first kappa shape index (κ1) is 12.8. The molecule has 0 atom stereocenters. The van der Waals surface area contributed by atoms with E-state index in [1.54, 1.807) is 18.2 Å². The molecule has 2 rings (SSSR count). The van der Waals surface area contributed by atoms with E-state index in [4.69, 9.17) is 4.84 Å². The van der Waals surface area contributed by atoms with E-state index in [0.717, 1.165) is 23.0 Å². The van der Waals surface area contributed by atoms with Gasteiger partial charge < -0.3 is 0 Å². The van der Waals surface area contributed by atoms with Gasteiger partial charge in [0.2, 0.25) is 0 Å². The molecule has 1 aromatic carbocycles. The fraction of sp³-hybridized carbons (Fsp3) is 0.250. The van der Waals surface area contributed by atoms with Gasteiger partial charge in [0.25, 0.3) is 5.91 Å². The van der Waals surface area contributed by atoms with Crippen molar-refractivity contribution >= 4 is 15.7 Å². The summed E-state index contributed by atoms with van der Waals surface area (Å²) in [6.07, 6.45) is 1.79. The lowest BCUT2D eigenvalue weighted by Gasteiger charge is -2.10. The van der Waals surface area contributed by atoms with Crippen LogP contribution in [0.25, 0.3) is 0 Å². The molecule has 0 spiro atoms. The number of hydrogen-bond acceptors (Lipinski definition) is 4. The van der Waals surface area contributed by atoms with Crippen molar-refractivity contribution in [3.05, 3.63) is 41.8 Å². The molecule has 1 saturated heterocycles. The van der Waals surface area contributed by atoms with Crippen molar-refractivity contribution in [3.63, 3.8) is 0 Å². The number of rotatable bonds is 3. The summed E-state index contributed by atoms with van der Waals surface area (Å²) in [4.78, 5) is 16.8. The van der Waals surface area contributed by atoms with Crippen LogP contribution in [0.5, 0.6) is 0 Å². The second-order valence-electron chi connectivity index (χ2n) is 3.79. The molecule has 96 valence electrons. The first-order chi connectivity index (χ1) is 8.59. The molecule has 1 aliphatic heterocycles. The predicted octanol–water partition coefficient (Wildman–Crippen LogP) is 1.14. The molecule has 5 nitrogen and oxygen atoms in total. The van der Waals surface area contributed by atoms with Gasteiger partial charge in [-0.2, -0.15) is 0 Å². The number of nitrogens with zero attached hydrogens (tertiary/aromatic N) is 1. The fourth-order valence-corrected chi connectivity index (χ4v) is 2.53. The smallest absolute Gasteiger partial charge is 0.270 e. The normalized spacial score (nSPS) is 16.3. The third kappa shape index (κ3) is 2.96. The van der Waals surface area contributed by atoms with Crippen molar-refractivity contribution < 1.29 is 18.0 Å². The zero-order valence-electron chi connectivity index (χ0n) is 9.65. The highest BCUT2D eigenvalue weighted by molar-refractivity contribution is 7.94. The maximum Gasteiger partial charge on any atom is 0.270 e. The Balaban J connectivity index is 2.11. The van der Waals surface area contributed by atoms with Crippen molar-refractivity contribution in [1.29, 1.82) is 0 Å². The van der Waals surface area contributed by atoms with Gasteiger partial charge in [-0.05, 0) is 18.6 Å². The minimum absolute atomic E-state index is 0.163. The highest BCUT2D eigenvalue weighted by Crippen LogP contribution is 2.12. The van der Waals surface area contributed by atoms with Crippen LogP contribution in [0.15, 0.2) is 46.7 Å². The van der Waals surface area contributed by atoms with Crippen LogP contribution in [-0.4, -0.2) is 32.5 Å². The molecule has 6 heteroatoms. The number of amides is 1. The highest BCUT2D eigenvalue weighted by Gasteiger charge is 2.18. The summed E-state index contributed by atoms with van der Waals surface area (Å²) >= 11 is 0. The van der Waals surface area contributed by atoms with Gasteiger partial charge in [0.1, 0.15) is 0 Å². The van der Waals surface area contributed by atoms with E-state index in [1.807, 2.05) is 0 Å². The zero-order chi connectivity index (χ0) is 13.0. The Morgan fingerprint density at radius 3 is 2.61 bits per heavy atom. The highest BCUT2D eigenvalue weighted by atomic mass is 32.2. The monoisotopic (exact) mass is 267 g/mol. The number of hydrogen-bond donors (Lipinski definition) is 0. The topological polar surface area (TPSA) is 63.7 Å². The molecule has 0 N–H and O–H groups in total. The summed E-state index contributed by atoms with van der Waals surface area (Å²) in [5.41, 5.74) is 0. The quantitative estimate of drug-likeness (QED) is 0.770. The van der Waals surface area contributed by atoms with E-state index in [2.05, 4.69) is 0 Å². The summed E-state index contributed by atoms with van der Waals surface area (Å²) in [5, 5.41) is 2.07. The van der Waals surface area contributed by atoms with Gasteiger partial charge in [-0.3, -0.25) is 9.63 Å². The van der Waals surface area contributed by atoms with Crippen molar-refractivity contribution in [1.82, 2.24) is 5.06 Å². The van der Waals surface area contributed by atoms with Crippen LogP contribution in [0.2, 0.25) is 0 Å². The van der Waals surface area contributed by atoms with Gasteiger partial charge in [0.05, 0.1) is 18.0 Å². The Morgan fingerprint density at radius 1 is 1.28 bits per heavy atom. The molecule has 1 fully saturated rings. The van der Waals surface area contributed by atoms with Gasteiger partial charge in [-0.15, -0.1) is 0 Å². The van der Waals surface area contributed by atoms with Crippen molar-refractivity contribution in [2.45, 2.75) is 11.3 Å². The van der Waals surface area contributed by atoms with Crippen LogP contribution >= 0.6 is 0 Å². The molecule has 18 heavy (non-hydrogen) atoms. The second kappa shape index (κ2) is 5.32. The Labute approximate surface area is 106 Å². The molecule has 1 aliphatic rings. The van der Waals surface area contributed by atoms with E-state index in [0.29, 0.717) is 13.2 Å². The Morgan fingerprint density at radius 2 is 2.00 bits per heavy atom. The largest absolute Gasteiger partial charge is 0.271 e. The molecular formula is C12H13NO4S. The second-order valence-corrected chi connectivity index (χ2v) is 5.62. The SMILES string of the molecule is O=C(/C=C/S(=O)(=O)c1ccccc1)N1CCCO1. The lowest BCUT2D eigenvalue weighted by atomic mass is 10.4. The summed E-state index contributed by atoms with van der Waals surface area (Å²) in [7, 11) is -3.57. The van der Waals surface area contributed by atoms with Gasteiger partial charge in [-0.25, -0.2) is 13.5 Å². The molecule has 0 aliphatic carbocycles. The van der Waals surface area contributed by atoms with Crippen LogP contribution in [0.3, 0.4) is 0 Å². The van der Waals surface area contributed by atoms with Crippen LogP contribution < -0.4 is 0 Å². The van der Waals surface area contributed by atoms with Crippen LogP contribution in [-0.2, 0) is 19.5 Å². The zero-order valence-corrected chi connectivity index (χ0v) is 10.5.